The molecule has 118 valence electrons. The summed E-state index contributed by atoms with van der Waals surface area (Å²) in [7, 11) is -3.21. The number of nitrogens with one attached hydrogen (secondary N) is 1. The third-order valence-corrected chi connectivity index (χ3v) is 4.10. The van der Waals surface area contributed by atoms with Crippen LogP contribution in [0.4, 0.5) is 0 Å². The van der Waals surface area contributed by atoms with E-state index in [-0.39, 0.29) is 17.4 Å². The Morgan fingerprint density at radius 3 is 2.38 bits per heavy atom. The number of benzene rings is 1. The maximum Gasteiger partial charge on any atom is 0.257 e. The zero-order valence-corrected chi connectivity index (χ0v) is 13.4. The summed E-state index contributed by atoms with van der Waals surface area (Å²) in [5.74, 6) is 0.308. The molecule has 0 radical (unpaired) electrons. The number of hydrogen-bond donors (Lipinski definition) is 1. The summed E-state index contributed by atoms with van der Waals surface area (Å²) in [6.07, 6.45) is 5.58. The van der Waals surface area contributed by atoms with E-state index in [1.165, 1.54) is 25.0 Å². The average molecular weight is 313 g/mol. The first-order valence-electron chi connectivity index (χ1n) is 7.13. The van der Waals surface area contributed by atoms with E-state index < -0.39 is 9.84 Å². The van der Waals surface area contributed by atoms with Crippen LogP contribution in [0.1, 0.15) is 32.6 Å². The molecule has 0 atom stereocenters. The van der Waals surface area contributed by atoms with Gasteiger partial charge in [0, 0.05) is 12.8 Å². The Balaban J connectivity index is 2.30. The number of carbonyl (C=O) groups excluding carboxylic acids is 1. The quantitative estimate of drug-likeness (QED) is 0.709. The van der Waals surface area contributed by atoms with Gasteiger partial charge in [-0.1, -0.05) is 26.2 Å². The van der Waals surface area contributed by atoms with Crippen molar-refractivity contribution in [3.8, 4) is 5.75 Å². The number of sulfone groups is 1. The van der Waals surface area contributed by atoms with E-state index in [0.29, 0.717) is 12.3 Å². The summed E-state index contributed by atoms with van der Waals surface area (Å²) in [4.78, 5) is 11.8. The van der Waals surface area contributed by atoms with E-state index in [9.17, 15) is 13.2 Å². The molecule has 0 saturated carbocycles. The summed E-state index contributed by atoms with van der Waals surface area (Å²) in [6, 6.07) is 6.02. The van der Waals surface area contributed by atoms with Gasteiger partial charge in [-0.15, -0.1) is 0 Å². The van der Waals surface area contributed by atoms with Gasteiger partial charge in [0.25, 0.3) is 5.91 Å². The number of amides is 1. The largest absolute Gasteiger partial charge is 0.484 e. The lowest BCUT2D eigenvalue weighted by Gasteiger charge is -2.08. The van der Waals surface area contributed by atoms with Gasteiger partial charge < -0.3 is 10.1 Å². The van der Waals surface area contributed by atoms with Crippen LogP contribution in [0, 0.1) is 0 Å². The summed E-state index contributed by atoms with van der Waals surface area (Å²) in [5, 5.41) is 2.79. The van der Waals surface area contributed by atoms with Crippen LogP contribution < -0.4 is 10.1 Å². The average Bonchev–Trinajstić information content (AvgIpc) is 2.44. The molecule has 5 nitrogen and oxygen atoms in total. The third kappa shape index (κ3) is 7.13. The molecule has 21 heavy (non-hydrogen) atoms. The van der Waals surface area contributed by atoms with Crippen molar-refractivity contribution in [1.29, 1.82) is 0 Å². The van der Waals surface area contributed by atoms with Gasteiger partial charge >= 0.3 is 0 Å². The Morgan fingerprint density at radius 2 is 1.81 bits per heavy atom. The lowest BCUT2D eigenvalue weighted by atomic mass is 10.2. The fraction of sp³-hybridized carbons (Fsp3) is 0.533. The minimum atomic E-state index is -3.21. The summed E-state index contributed by atoms with van der Waals surface area (Å²) in [6.45, 7) is 2.74. The zero-order chi connectivity index (χ0) is 15.7. The number of ether oxygens (including phenoxy) is 1. The van der Waals surface area contributed by atoms with Gasteiger partial charge in [0.2, 0.25) is 0 Å². The van der Waals surface area contributed by atoms with Crippen molar-refractivity contribution in [3.63, 3.8) is 0 Å². The van der Waals surface area contributed by atoms with Crippen molar-refractivity contribution < 1.29 is 17.9 Å². The van der Waals surface area contributed by atoms with Crippen LogP contribution >= 0.6 is 0 Å². The summed E-state index contributed by atoms with van der Waals surface area (Å²) >= 11 is 0. The van der Waals surface area contributed by atoms with E-state index in [1.54, 1.807) is 12.1 Å². The molecule has 1 aromatic carbocycles. The Morgan fingerprint density at radius 1 is 1.14 bits per heavy atom. The van der Waals surface area contributed by atoms with Crippen molar-refractivity contribution >= 4 is 15.7 Å². The summed E-state index contributed by atoms with van der Waals surface area (Å²) in [5.41, 5.74) is 0. The summed E-state index contributed by atoms with van der Waals surface area (Å²) < 4.78 is 27.9. The van der Waals surface area contributed by atoms with Gasteiger partial charge in [-0.25, -0.2) is 8.42 Å². The minimum Gasteiger partial charge on any atom is -0.484 e. The Bertz CT molecular complexity index is 537. The number of unbranched alkanes of at least 4 members (excludes halogenated alkanes) is 3. The highest BCUT2D eigenvalue weighted by Crippen LogP contribution is 2.15. The topological polar surface area (TPSA) is 72.5 Å². The van der Waals surface area contributed by atoms with Crippen molar-refractivity contribution in [2.24, 2.45) is 0 Å². The minimum absolute atomic E-state index is 0.0635. The van der Waals surface area contributed by atoms with Crippen LogP contribution in [0.2, 0.25) is 0 Å². The normalized spacial score (nSPS) is 11.1. The lowest BCUT2D eigenvalue weighted by molar-refractivity contribution is -0.123. The molecule has 6 heteroatoms. The molecular weight excluding hydrogens is 290 g/mol. The molecule has 0 unspecified atom stereocenters. The Hall–Kier alpha value is -1.56. The van der Waals surface area contributed by atoms with E-state index >= 15 is 0 Å². The predicted octanol–water partition coefficient (Wildman–Crippen LogP) is 2.17. The second-order valence-electron chi connectivity index (χ2n) is 4.94. The fourth-order valence-corrected chi connectivity index (χ4v) is 2.39. The smallest absolute Gasteiger partial charge is 0.257 e. The second kappa shape index (κ2) is 8.67. The van der Waals surface area contributed by atoms with Gasteiger partial charge in [-0.05, 0) is 30.7 Å². The maximum absolute atomic E-state index is 11.5. The molecule has 0 aliphatic heterocycles. The van der Waals surface area contributed by atoms with Crippen LogP contribution in [0.15, 0.2) is 29.2 Å². The Labute approximate surface area is 126 Å². The van der Waals surface area contributed by atoms with Crippen LogP contribution in [0.3, 0.4) is 0 Å². The first-order valence-corrected chi connectivity index (χ1v) is 9.02. The highest BCUT2D eigenvalue weighted by Gasteiger charge is 2.07. The van der Waals surface area contributed by atoms with Crippen LogP contribution in [-0.2, 0) is 14.6 Å². The molecule has 0 bridgehead atoms. The van der Waals surface area contributed by atoms with Gasteiger partial charge in [0.15, 0.2) is 16.4 Å². The van der Waals surface area contributed by atoms with E-state index in [4.69, 9.17) is 4.74 Å². The van der Waals surface area contributed by atoms with Crippen LogP contribution in [-0.4, -0.2) is 33.7 Å². The van der Waals surface area contributed by atoms with E-state index in [2.05, 4.69) is 12.2 Å². The predicted molar refractivity (Wildman–Crippen MR) is 82.2 cm³/mol. The van der Waals surface area contributed by atoms with Gasteiger partial charge in [-0.2, -0.15) is 0 Å². The third-order valence-electron chi connectivity index (χ3n) is 2.97. The van der Waals surface area contributed by atoms with Crippen molar-refractivity contribution in [1.82, 2.24) is 5.32 Å². The van der Waals surface area contributed by atoms with Gasteiger partial charge in [-0.3, -0.25) is 4.79 Å². The van der Waals surface area contributed by atoms with Gasteiger partial charge in [0.1, 0.15) is 5.75 Å². The highest BCUT2D eigenvalue weighted by atomic mass is 32.2. The highest BCUT2D eigenvalue weighted by molar-refractivity contribution is 7.90. The molecule has 0 spiro atoms. The standard InChI is InChI=1S/C15H23NO4S/c1-3-4-5-6-11-16-15(17)12-20-13-7-9-14(10-8-13)21(2,18)19/h7-10H,3-6,11-12H2,1-2H3,(H,16,17). The van der Waals surface area contributed by atoms with Crippen molar-refractivity contribution in [3.05, 3.63) is 24.3 Å². The van der Waals surface area contributed by atoms with Crippen LogP contribution in [0.5, 0.6) is 5.75 Å². The molecule has 0 saturated heterocycles. The molecule has 0 aromatic heterocycles. The molecule has 1 rings (SSSR count). The molecule has 0 aliphatic rings. The van der Waals surface area contributed by atoms with Crippen molar-refractivity contribution in [2.75, 3.05) is 19.4 Å². The number of carbonyl (C=O) groups is 1. The molecule has 0 heterocycles. The maximum atomic E-state index is 11.5. The first-order chi connectivity index (χ1) is 9.93. The molecule has 0 fully saturated rings. The molecule has 1 N–H and O–H groups in total. The van der Waals surface area contributed by atoms with Crippen LogP contribution in [0.25, 0.3) is 0 Å². The van der Waals surface area contributed by atoms with Crippen molar-refractivity contribution in [2.45, 2.75) is 37.5 Å². The molecular formula is C15H23NO4S. The molecule has 1 aromatic rings. The van der Waals surface area contributed by atoms with E-state index in [1.807, 2.05) is 0 Å². The Kier molecular flexibility index (Phi) is 7.22. The number of hydrogen-bond acceptors (Lipinski definition) is 4. The van der Waals surface area contributed by atoms with Gasteiger partial charge in [0.05, 0.1) is 4.90 Å². The van der Waals surface area contributed by atoms with E-state index in [0.717, 1.165) is 19.1 Å². The first kappa shape index (κ1) is 17.5. The number of rotatable bonds is 9. The molecule has 1 amide bonds. The SMILES string of the molecule is CCCCCCNC(=O)COc1ccc(S(C)(=O)=O)cc1. The zero-order valence-electron chi connectivity index (χ0n) is 12.6. The molecule has 0 aliphatic carbocycles. The fourth-order valence-electron chi connectivity index (χ4n) is 1.76. The second-order valence-corrected chi connectivity index (χ2v) is 6.96. The lowest BCUT2D eigenvalue weighted by Crippen LogP contribution is -2.29. The monoisotopic (exact) mass is 313 g/mol.